The summed E-state index contributed by atoms with van der Waals surface area (Å²) >= 11 is 0. The number of aliphatic carboxylic acids is 1. The van der Waals surface area contributed by atoms with Gasteiger partial charge in [0.1, 0.15) is 0 Å². The molecule has 0 saturated carbocycles. The summed E-state index contributed by atoms with van der Waals surface area (Å²) in [5.41, 5.74) is -0.929. The number of carbonyl (C=O) groups is 4. The van der Waals surface area contributed by atoms with E-state index >= 15 is 0 Å². The maximum atomic E-state index is 12.7. The Morgan fingerprint density at radius 2 is 1.57 bits per heavy atom. The van der Waals surface area contributed by atoms with Gasteiger partial charge in [0.2, 0.25) is 0 Å². The zero-order valence-electron chi connectivity index (χ0n) is 19.2. The highest BCUT2D eigenvalue weighted by Crippen LogP contribution is 2.36. The van der Waals surface area contributed by atoms with Crippen molar-refractivity contribution in [3.8, 4) is 0 Å². The zero-order chi connectivity index (χ0) is 23.3. The Labute approximate surface area is 179 Å². The maximum Gasteiger partial charge on any atom is 0.311 e. The molecular formula is C22H38O8. The van der Waals surface area contributed by atoms with Gasteiger partial charge in [0.15, 0.2) is 0 Å². The summed E-state index contributed by atoms with van der Waals surface area (Å²) in [5.74, 6) is -4.85. The monoisotopic (exact) mass is 430 g/mol. The number of unbranched alkanes of at least 4 members (excludes halogenated alkanes) is 1. The molecule has 0 radical (unpaired) electrons. The van der Waals surface area contributed by atoms with Gasteiger partial charge in [-0.2, -0.15) is 0 Å². The van der Waals surface area contributed by atoms with E-state index in [0.717, 1.165) is 6.42 Å². The van der Waals surface area contributed by atoms with Gasteiger partial charge in [-0.3, -0.25) is 19.2 Å². The molecule has 4 unspecified atom stereocenters. The lowest BCUT2D eigenvalue weighted by molar-refractivity contribution is -0.158. The normalized spacial score (nSPS) is 15.9. The molecule has 4 atom stereocenters. The van der Waals surface area contributed by atoms with Crippen LogP contribution in [-0.4, -0.2) is 49.3 Å². The van der Waals surface area contributed by atoms with Crippen molar-refractivity contribution in [3.05, 3.63) is 0 Å². The molecule has 1 N–H and O–H groups in total. The smallest absolute Gasteiger partial charge is 0.311 e. The largest absolute Gasteiger partial charge is 0.481 e. The summed E-state index contributed by atoms with van der Waals surface area (Å²) in [4.78, 5) is 48.9. The minimum Gasteiger partial charge on any atom is -0.481 e. The van der Waals surface area contributed by atoms with Crippen LogP contribution in [0.3, 0.4) is 0 Å². The molecule has 30 heavy (non-hydrogen) atoms. The molecular weight excluding hydrogens is 392 g/mol. The molecule has 0 aromatic heterocycles. The van der Waals surface area contributed by atoms with Crippen LogP contribution in [0.5, 0.6) is 0 Å². The van der Waals surface area contributed by atoms with Crippen molar-refractivity contribution < 1.29 is 38.5 Å². The van der Waals surface area contributed by atoms with Crippen molar-refractivity contribution in [1.82, 2.24) is 0 Å². The first kappa shape index (κ1) is 27.9. The lowest BCUT2D eigenvalue weighted by atomic mass is 9.75. The summed E-state index contributed by atoms with van der Waals surface area (Å²) in [5, 5.41) is 9.28. The minimum absolute atomic E-state index is 0.0389. The van der Waals surface area contributed by atoms with Crippen molar-refractivity contribution in [2.75, 3.05) is 20.3 Å². The minimum atomic E-state index is -1.03. The first-order valence-electron chi connectivity index (χ1n) is 10.7. The Kier molecular flexibility index (Phi) is 13.0. The Morgan fingerprint density at radius 1 is 0.967 bits per heavy atom. The fourth-order valence-corrected chi connectivity index (χ4v) is 3.28. The van der Waals surface area contributed by atoms with Gasteiger partial charge >= 0.3 is 23.9 Å². The maximum absolute atomic E-state index is 12.7. The number of rotatable bonds is 15. The highest BCUT2D eigenvalue weighted by molar-refractivity contribution is 5.80. The van der Waals surface area contributed by atoms with E-state index in [4.69, 9.17) is 14.2 Å². The molecule has 0 aromatic carbocycles. The zero-order valence-corrected chi connectivity index (χ0v) is 19.2. The summed E-state index contributed by atoms with van der Waals surface area (Å²) in [6.45, 7) is 9.09. The second kappa shape index (κ2) is 14.0. The number of carbonyl (C=O) groups excluding carboxylic acids is 3. The standard InChI is InChI=1S/C22H38O8/c1-7-10-11-30-19(25)16(12-15(4)18(23)24)13-17(20(26)29-9-3)14-22(5,8-2)21(27)28-6/h15-17H,7-14H2,1-6H3,(H,23,24). The number of ether oxygens (including phenoxy) is 3. The van der Waals surface area contributed by atoms with Crippen molar-refractivity contribution in [3.63, 3.8) is 0 Å². The molecule has 0 heterocycles. The van der Waals surface area contributed by atoms with Crippen molar-refractivity contribution in [2.24, 2.45) is 23.2 Å². The van der Waals surface area contributed by atoms with Gasteiger partial charge in [-0.15, -0.1) is 0 Å². The van der Waals surface area contributed by atoms with Crippen LogP contribution in [-0.2, 0) is 33.4 Å². The van der Waals surface area contributed by atoms with Gasteiger partial charge in [-0.05, 0) is 46.0 Å². The summed E-state index contributed by atoms with van der Waals surface area (Å²) in [6, 6.07) is 0. The van der Waals surface area contributed by atoms with Crippen LogP contribution >= 0.6 is 0 Å². The molecule has 0 aliphatic heterocycles. The second-order valence-electron chi connectivity index (χ2n) is 7.99. The highest BCUT2D eigenvalue weighted by atomic mass is 16.5. The molecule has 0 aliphatic rings. The van der Waals surface area contributed by atoms with Crippen molar-refractivity contribution in [1.29, 1.82) is 0 Å². The van der Waals surface area contributed by atoms with Crippen LogP contribution in [0.25, 0.3) is 0 Å². The van der Waals surface area contributed by atoms with Gasteiger partial charge in [0.25, 0.3) is 0 Å². The van der Waals surface area contributed by atoms with Gasteiger partial charge in [-0.25, -0.2) is 0 Å². The van der Waals surface area contributed by atoms with Gasteiger partial charge in [0, 0.05) is 0 Å². The van der Waals surface area contributed by atoms with Crippen LogP contribution in [0, 0.1) is 23.2 Å². The predicted octanol–water partition coefficient (Wildman–Crippen LogP) is 3.61. The van der Waals surface area contributed by atoms with Gasteiger partial charge in [-0.1, -0.05) is 27.2 Å². The summed E-state index contributed by atoms with van der Waals surface area (Å²) < 4.78 is 15.4. The second-order valence-corrected chi connectivity index (χ2v) is 7.99. The van der Waals surface area contributed by atoms with E-state index in [0.29, 0.717) is 12.8 Å². The van der Waals surface area contributed by atoms with Gasteiger partial charge < -0.3 is 19.3 Å². The van der Waals surface area contributed by atoms with E-state index in [1.54, 1.807) is 13.8 Å². The highest BCUT2D eigenvalue weighted by Gasteiger charge is 2.40. The Balaban J connectivity index is 5.70. The van der Waals surface area contributed by atoms with Crippen LogP contribution < -0.4 is 0 Å². The number of carboxylic acids is 1. The molecule has 0 rings (SSSR count). The first-order valence-corrected chi connectivity index (χ1v) is 10.7. The van der Waals surface area contributed by atoms with Gasteiger partial charge in [0.05, 0.1) is 43.5 Å². The number of hydrogen-bond donors (Lipinski definition) is 1. The molecule has 0 bridgehead atoms. The molecule has 0 aromatic rings. The molecule has 0 fully saturated rings. The average molecular weight is 431 g/mol. The Hall–Kier alpha value is -2.12. The number of carboxylic acid groups (broad SMARTS) is 1. The molecule has 174 valence electrons. The van der Waals surface area contributed by atoms with Crippen LogP contribution in [0.15, 0.2) is 0 Å². The number of esters is 3. The van der Waals surface area contributed by atoms with E-state index in [1.807, 2.05) is 13.8 Å². The third kappa shape index (κ3) is 9.13. The molecule has 0 spiro atoms. The molecule has 0 saturated heterocycles. The fraction of sp³-hybridized carbons (Fsp3) is 0.818. The SMILES string of the molecule is CCCCOC(=O)C(CC(C)C(=O)O)CC(CC(C)(CC)C(=O)OC)C(=O)OCC. The molecule has 0 amide bonds. The first-order chi connectivity index (χ1) is 14.1. The van der Waals surface area contributed by atoms with E-state index < -0.39 is 47.0 Å². The Morgan fingerprint density at radius 3 is 2.03 bits per heavy atom. The topological polar surface area (TPSA) is 116 Å². The van der Waals surface area contributed by atoms with Crippen LogP contribution in [0.4, 0.5) is 0 Å². The van der Waals surface area contributed by atoms with Crippen LogP contribution in [0.1, 0.15) is 73.1 Å². The van der Waals surface area contributed by atoms with Crippen molar-refractivity contribution in [2.45, 2.75) is 73.1 Å². The molecule has 8 heteroatoms. The summed E-state index contributed by atoms with van der Waals surface area (Å²) in [6.07, 6.45) is 2.21. The predicted molar refractivity (Wildman–Crippen MR) is 111 cm³/mol. The number of hydrogen-bond acceptors (Lipinski definition) is 7. The fourth-order valence-electron chi connectivity index (χ4n) is 3.28. The van der Waals surface area contributed by atoms with Crippen LogP contribution in [0.2, 0.25) is 0 Å². The quantitative estimate of drug-likeness (QED) is 0.238. The van der Waals surface area contributed by atoms with E-state index in [9.17, 15) is 24.3 Å². The Bertz CT molecular complexity index is 573. The molecule has 0 aliphatic carbocycles. The van der Waals surface area contributed by atoms with E-state index in [2.05, 4.69) is 0 Å². The average Bonchev–Trinajstić information content (AvgIpc) is 2.71. The summed E-state index contributed by atoms with van der Waals surface area (Å²) in [7, 11) is 1.29. The third-order valence-corrected chi connectivity index (χ3v) is 5.48. The lowest BCUT2D eigenvalue weighted by Gasteiger charge is -2.30. The van der Waals surface area contributed by atoms with E-state index in [1.165, 1.54) is 14.0 Å². The molecule has 8 nitrogen and oxygen atoms in total. The third-order valence-electron chi connectivity index (χ3n) is 5.48. The number of methoxy groups -OCH3 is 1. The van der Waals surface area contributed by atoms with E-state index in [-0.39, 0.29) is 32.5 Å². The lowest BCUT2D eigenvalue weighted by Crippen LogP contribution is -2.36. The van der Waals surface area contributed by atoms with Crippen molar-refractivity contribution >= 4 is 23.9 Å².